The molecule has 0 aliphatic heterocycles. The molecule has 2 aromatic carbocycles. The van der Waals surface area contributed by atoms with Gasteiger partial charge in [0.2, 0.25) is 0 Å². The van der Waals surface area contributed by atoms with Crippen LogP contribution in [0.1, 0.15) is 26.3 Å². The smallest absolute Gasteiger partial charge is 0.166 e. The van der Waals surface area contributed by atoms with E-state index in [1.165, 1.54) is 6.07 Å². The number of halogens is 2. The summed E-state index contributed by atoms with van der Waals surface area (Å²) in [5.41, 5.74) is 0.907. The maximum Gasteiger partial charge on any atom is 0.166 e. The van der Waals surface area contributed by atoms with E-state index in [0.717, 1.165) is 9.13 Å². The van der Waals surface area contributed by atoms with Crippen LogP contribution in [0.5, 0.6) is 11.5 Å². The Balaban J connectivity index is 2.07. The maximum atomic E-state index is 14.1. The normalized spacial score (nSPS) is 11.5. The third-order valence-corrected chi connectivity index (χ3v) is 3.58. The third kappa shape index (κ3) is 5.28. The summed E-state index contributed by atoms with van der Waals surface area (Å²) in [6, 6.07) is 12.6. The van der Waals surface area contributed by atoms with E-state index in [1.807, 2.05) is 30.3 Å². The second kappa shape index (κ2) is 6.75. The van der Waals surface area contributed by atoms with Crippen LogP contribution in [0.25, 0.3) is 0 Å². The van der Waals surface area contributed by atoms with E-state index in [9.17, 15) is 4.39 Å². The third-order valence-electron chi connectivity index (χ3n) is 2.86. The molecule has 0 amide bonds. The second-order valence-corrected chi connectivity index (χ2v) is 7.17. The summed E-state index contributed by atoms with van der Waals surface area (Å²) in [6.07, 6.45) is 0. The topological polar surface area (TPSA) is 21.3 Å². The monoisotopic (exact) mass is 399 g/mol. The number of hydrogen-bond donors (Lipinski definition) is 1. The summed E-state index contributed by atoms with van der Waals surface area (Å²) in [4.78, 5) is 0. The first-order valence-electron chi connectivity index (χ1n) is 6.80. The van der Waals surface area contributed by atoms with E-state index in [0.29, 0.717) is 12.3 Å². The molecule has 0 bridgehead atoms. The van der Waals surface area contributed by atoms with Crippen molar-refractivity contribution in [2.24, 2.45) is 0 Å². The maximum absolute atomic E-state index is 14.1. The van der Waals surface area contributed by atoms with Gasteiger partial charge in [-0.05, 0) is 85.3 Å². The predicted molar refractivity (Wildman–Crippen MR) is 92.2 cm³/mol. The molecule has 0 atom stereocenters. The van der Waals surface area contributed by atoms with Crippen LogP contribution in [0, 0.1) is 9.39 Å². The molecule has 4 heteroatoms. The quantitative estimate of drug-likeness (QED) is 0.722. The molecule has 2 rings (SSSR count). The standard InChI is InChI=1S/C17H19FINO/c1-17(2,3)20-11-12-4-9-16(15(18)10-12)21-14-7-5-13(19)6-8-14/h4-10,20H,11H2,1-3H3. The highest BCUT2D eigenvalue weighted by Gasteiger charge is 2.10. The number of nitrogens with one attached hydrogen (secondary N) is 1. The minimum absolute atomic E-state index is 0.00678. The zero-order valence-corrected chi connectivity index (χ0v) is 14.6. The van der Waals surface area contributed by atoms with Gasteiger partial charge < -0.3 is 10.1 Å². The SMILES string of the molecule is CC(C)(C)NCc1ccc(Oc2ccc(I)cc2)c(F)c1. The molecule has 0 aliphatic rings. The first-order chi connectivity index (χ1) is 9.83. The zero-order chi connectivity index (χ0) is 15.5. The molecule has 0 fully saturated rings. The van der Waals surface area contributed by atoms with Crippen molar-refractivity contribution >= 4 is 22.6 Å². The van der Waals surface area contributed by atoms with E-state index >= 15 is 0 Å². The summed E-state index contributed by atoms with van der Waals surface area (Å²) in [7, 11) is 0. The number of hydrogen-bond acceptors (Lipinski definition) is 2. The van der Waals surface area contributed by atoms with E-state index in [2.05, 4.69) is 48.7 Å². The predicted octanol–water partition coefficient (Wildman–Crippen LogP) is 5.11. The molecule has 0 aromatic heterocycles. The second-order valence-electron chi connectivity index (χ2n) is 5.92. The molecule has 0 spiro atoms. The molecule has 0 saturated carbocycles. The van der Waals surface area contributed by atoms with Gasteiger partial charge in [0.15, 0.2) is 11.6 Å². The molecular weight excluding hydrogens is 380 g/mol. The highest BCUT2D eigenvalue weighted by atomic mass is 127. The van der Waals surface area contributed by atoms with Gasteiger partial charge in [0.05, 0.1) is 0 Å². The summed E-state index contributed by atoms with van der Waals surface area (Å²) < 4.78 is 20.8. The molecule has 0 unspecified atom stereocenters. The number of rotatable bonds is 4. The number of ether oxygens (including phenoxy) is 1. The fourth-order valence-electron chi connectivity index (χ4n) is 1.73. The van der Waals surface area contributed by atoms with Gasteiger partial charge in [0.1, 0.15) is 5.75 Å². The Morgan fingerprint density at radius 1 is 1.10 bits per heavy atom. The lowest BCUT2D eigenvalue weighted by Crippen LogP contribution is -2.35. The Morgan fingerprint density at radius 3 is 2.33 bits per heavy atom. The van der Waals surface area contributed by atoms with E-state index < -0.39 is 0 Å². The Labute approximate surface area is 138 Å². The summed E-state index contributed by atoms with van der Waals surface area (Å²) in [5, 5.41) is 3.33. The van der Waals surface area contributed by atoms with Crippen LogP contribution in [-0.4, -0.2) is 5.54 Å². The molecule has 21 heavy (non-hydrogen) atoms. The molecular formula is C17H19FINO. The van der Waals surface area contributed by atoms with Crippen molar-refractivity contribution < 1.29 is 9.13 Å². The van der Waals surface area contributed by atoms with Crippen molar-refractivity contribution in [3.63, 3.8) is 0 Å². The summed E-state index contributed by atoms with van der Waals surface area (Å²) in [6.45, 7) is 6.87. The first-order valence-corrected chi connectivity index (χ1v) is 7.88. The molecule has 0 radical (unpaired) electrons. The van der Waals surface area contributed by atoms with Gasteiger partial charge in [-0.15, -0.1) is 0 Å². The molecule has 2 nitrogen and oxygen atoms in total. The number of benzene rings is 2. The van der Waals surface area contributed by atoms with Crippen molar-refractivity contribution in [2.45, 2.75) is 32.9 Å². The Bertz CT molecular complexity index is 605. The lowest BCUT2D eigenvalue weighted by molar-refractivity contribution is 0.420. The first kappa shape index (κ1) is 16.2. The van der Waals surface area contributed by atoms with Crippen molar-refractivity contribution in [1.29, 1.82) is 0 Å². The zero-order valence-electron chi connectivity index (χ0n) is 12.4. The van der Waals surface area contributed by atoms with Gasteiger partial charge in [0, 0.05) is 15.7 Å². The average Bonchev–Trinajstić information content (AvgIpc) is 2.41. The highest BCUT2D eigenvalue weighted by Crippen LogP contribution is 2.25. The van der Waals surface area contributed by atoms with Gasteiger partial charge >= 0.3 is 0 Å². The van der Waals surface area contributed by atoms with Crippen LogP contribution >= 0.6 is 22.6 Å². The van der Waals surface area contributed by atoms with Crippen LogP contribution < -0.4 is 10.1 Å². The van der Waals surface area contributed by atoms with Crippen molar-refractivity contribution in [2.75, 3.05) is 0 Å². The van der Waals surface area contributed by atoms with Gasteiger partial charge in [-0.2, -0.15) is 0 Å². The van der Waals surface area contributed by atoms with Gasteiger partial charge in [0.25, 0.3) is 0 Å². The fourth-order valence-corrected chi connectivity index (χ4v) is 2.09. The summed E-state index contributed by atoms with van der Waals surface area (Å²) >= 11 is 2.22. The fraction of sp³-hybridized carbons (Fsp3) is 0.294. The molecule has 0 aliphatic carbocycles. The van der Waals surface area contributed by atoms with E-state index in [1.54, 1.807) is 6.07 Å². The lowest BCUT2D eigenvalue weighted by Gasteiger charge is -2.20. The van der Waals surface area contributed by atoms with Crippen LogP contribution in [0.15, 0.2) is 42.5 Å². The average molecular weight is 399 g/mol. The molecule has 0 saturated heterocycles. The molecule has 1 N–H and O–H groups in total. The van der Waals surface area contributed by atoms with Crippen LogP contribution in [-0.2, 0) is 6.54 Å². The lowest BCUT2D eigenvalue weighted by atomic mass is 10.1. The van der Waals surface area contributed by atoms with E-state index in [4.69, 9.17) is 4.74 Å². The molecule has 112 valence electrons. The minimum Gasteiger partial charge on any atom is -0.454 e. The van der Waals surface area contributed by atoms with E-state index in [-0.39, 0.29) is 17.1 Å². The van der Waals surface area contributed by atoms with Crippen molar-refractivity contribution in [3.8, 4) is 11.5 Å². The van der Waals surface area contributed by atoms with Gasteiger partial charge in [-0.3, -0.25) is 0 Å². The summed E-state index contributed by atoms with van der Waals surface area (Å²) in [5.74, 6) is 0.535. The molecule has 0 heterocycles. The van der Waals surface area contributed by atoms with Gasteiger partial charge in [-0.1, -0.05) is 6.07 Å². The Kier molecular flexibility index (Phi) is 5.22. The Hall–Kier alpha value is -1.14. The highest BCUT2D eigenvalue weighted by molar-refractivity contribution is 14.1. The van der Waals surface area contributed by atoms with Crippen LogP contribution in [0.4, 0.5) is 4.39 Å². The van der Waals surface area contributed by atoms with Crippen molar-refractivity contribution in [3.05, 3.63) is 57.4 Å². The molecule has 2 aromatic rings. The van der Waals surface area contributed by atoms with Crippen LogP contribution in [0.3, 0.4) is 0 Å². The Morgan fingerprint density at radius 2 is 1.76 bits per heavy atom. The van der Waals surface area contributed by atoms with Crippen molar-refractivity contribution in [1.82, 2.24) is 5.32 Å². The van der Waals surface area contributed by atoms with Crippen LogP contribution in [0.2, 0.25) is 0 Å². The largest absolute Gasteiger partial charge is 0.454 e. The minimum atomic E-state index is -0.346. The van der Waals surface area contributed by atoms with Gasteiger partial charge in [-0.25, -0.2) is 4.39 Å².